The SMILES string of the molecule is CN(C)[C@H]1C[C@@H](c2cccc(C(F)(F)F)c2)CC[C@@H]1Oc1ccc(S(=O)(=O)Nc2ccncn2)c(Cl)n1. The Labute approximate surface area is 217 Å². The van der Waals surface area contributed by atoms with Crippen molar-refractivity contribution in [2.24, 2.45) is 0 Å². The highest BCUT2D eigenvalue weighted by Gasteiger charge is 2.36. The Balaban J connectivity index is 1.48. The van der Waals surface area contributed by atoms with Crippen LogP contribution in [-0.2, 0) is 16.2 Å². The highest BCUT2D eigenvalue weighted by atomic mass is 35.5. The molecule has 1 aliphatic rings. The minimum absolute atomic E-state index is 0.0634. The molecule has 2 heterocycles. The lowest BCUT2D eigenvalue weighted by molar-refractivity contribution is -0.137. The number of likely N-dealkylation sites (N-methyl/N-ethyl adjacent to an activating group) is 1. The number of rotatable bonds is 7. The first-order chi connectivity index (χ1) is 17.4. The number of anilines is 1. The second-order valence-electron chi connectivity index (χ2n) is 8.96. The minimum Gasteiger partial charge on any atom is -0.473 e. The lowest BCUT2D eigenvalue weighted by Gasteiger charge is -2.39. The molecule has 0 amide bonds. The number of hydrogen-bond acceptors (Lipinski definition) is 7. The van der Waals surface area contributed by atoms with E-state index in [9.17, 15) is 21.6 Å². The third kappa shape index (κ3) is 6.49. The van der Waals surface area contributed by atoms with E-state index in [1.54, 1.807) is 6.07 Å². The van der Waals surface area contributed by atoms with Gasteiger partial charge in [0.1, 0.15) is 23.1 Å². The molecule has 0 saturated heterocycles. The van der Waals surface area contributed by atoms with E-state index in [1.807, 2.05) is 19.0 Å². The molecular weight excluding hydrogens is 531 g/mol. The van der Waals surface area contributed by atoms with Gasteiger partial charge >= 0.3 is 6.18 Å². The Kier molecular flexibility index (Phi) is 7.91. The quantitative estimate of drug-likeness (QED) is 0.410. The number of nitrogens with zero attached hydrogens (tertiary/aromatic N) is 4. The number of benzene rings is 1. The summed E-state index contributed by atoms with van der Waals surface area (Å²) in [6.45, 7) is 0. The molecule has 3 atom stereocenters. The fourth-order valence-corrected chi connectivity index (χ4v) is 5.91. The van der Waals surface area contributed by atoms with Crippen molar-refractivity contribution < 1.29 is 26.3 Å². The number of pyridine rings is 1. The Morgan fingerprint density at radius 2 is 1.92 bits per heavy atom. The first kappa shape index (κ1) is 27.1. The molecule has 0 bridgehead atoms. The molecule has 1 saturated carbocycles. The van der Waals surface area contributed by atoms with Crippen molar-refractivity contribution >= 4 is 27.4 Å². The molecule has 0 unspecified atom stereocenters. The van der Waals surface area contributed by atoms with Crippen LogP contribution in [0.2, 0.25) is 5.15 Å². The van der Waals surface area contributed by atoms with Gasteiger partial charge in [0.25, 0.3) is 10.0 Å². The van der Waals surface area contributed by atoms with Gasteiger partial charge in [-0.05, 0) is 63.0 Å². The van der Waals surface area contributed by atoms with Gasteiger partial charge in [-0.25, -0.2) is 23.4 Å². The van der Waals surface area contributed by atoms with Crippen LogP contribution in [0.5, 0.6) is 5.88 Å². The molecule has 0 spiro atoms. The molecule has 4 rings (SSSR count). The molecule has 2 aromatic heterocycles. The molecule has 0 radical (unpaired) electrons. The molecule has 198 valence electrons. The lowest BCUT2D eigenvalue weighted by atomic mass is 9.79. The third-order valence-corrected chi connectivity index (χ3v) is 8.06. The summed E-state index contributed by atoms with van der Waals surface area (Å²) in [6, 6.07) is 9.46. The van der Waals surface area contributed by atoms with Crippen molar-refractivity contribution in [1.82, 2.24) is 19.9 Å². The lowest BCUT2D eigenvalue weighted by Crippen LogP contribution is -2.46. The van der Waals surface area contributed by atoms with Crippen molar-refractivity contribution in [1.29, 1.82) is 0 Å². The average Bonchev–Trinajstić information content (AvgIpc) is 2.84. The Bertz CT molecular complexity index is 1340. The van der Waals surface area contributed by atoms with Crippen LogP contribution in [0.3, 0.4) is 0 Å². The van der Waals surface area contributed by atoms with E-state index in [0.717, 1.165) is 6.07 Å². The van der Waals surface area contributed by atoms with Gasteiger partial charge in [-0.2, -0.15) is 13.2 Å². The zero-order chi connectivity index (χ0) is 26.8. The molecule has 1 fully saturated rings. The highest BCUT2D eigenvalue weighted by molar-refractivity contribution is 7.92. The minimum atomic E-state index is -4.40. The maximum Gasteiger partial charge on any atom is 0.416 e. The molecule has 8 nitrogen and oxygen atoms in total. The monoisotopic (exact) mass is 555 g/mol. The fourth-order valence-electron chi connectivity index (χ4n) is 4.44. The predicted molar refractivity (Wildman–Crippen MR) is 132 cm³/mol. The highest BCUT2D eigenvalue weighted by Crippen LogP contribution is 2.39. The van der Waals surface area contributed by atoms with Gasteiger partial charge in [-0.1, -0.05) is 29.8 Å². The van der Waals surface area contributed by atoms with Crippen molar-refractivity contribution in [2.45, 2.75) is 48.4 Å². The smallest absolute Gasteiger partial charge is 0.416 e. The molecule has 13 heteroatoms. The van der Waals surface area contributed by atoms with Crippen LogP contribution in [0.1, 0.15) is 36.3 Å². The van der Waals surface area contributed by atoms with Crippen molar-refractivity contribution in [3.63, 3.8) is 0 Å². The van der Waals surface area contributed by atoms with E-state index in [4.69, 9.17) is 16.3 Å². The molecule has 1 aliphatic carbocycles. The third-order valence-electron chi connectivity index (χ3n) is 6.27. The molecule has 1 N–H and O–H groups in total. The van der Waals surface area contributed by atoms with Crippen LogP contribution in [0.15, 0.2) is 59.9 Å². The average molecular weight is 556 g/mol. The summed E-state index contributed by atoms with van der Waals surface area (Å²) in [5.41, 5.74) is -0.0140. The maximum atomic E-state index is 13.2. The van der Waals surface area contributed by atoms with Gasteiger partial charge in [0.2, 0.25) is 5.88 Å². The summed E-state index contributed by atoms with van der Waals surface area (Å²) in [4.78, 5) is 13.4. The predicted octanol–water partition coefficient (Wildman–Crippen LogP) is 4.99. The second kappa shape index (κ2) is 10.8. The first-order valence-electron chi connectivity index (χ1n) is 11.4. The largest absolute Gasteiger partial charge is 0.473 e. The van der Waals surface area contributed by atoms with E-state index in [2.05, 4.69) is 19.7 Å². The summed E-state index contributed by atoms with van der Waals surface area (Å²) >= 11 is 6.21. The topological polar surface area (TPSA) is 97.3 Å². The van der Waals surface area contributed by atoms with E-state index in [-0.39, 0.29) is 39.8 Å². The van der Waals surface area contributed by atoms with Crippen LogP contribution < -0.4 is 9.46 Å². The van der Waals surface area contributed by atoms with Crippen LogP contribution in [0.25, 0.3) is 0 Å². The summed E-state index contributed by atoms with van der Waals surface area (Å²) in [6.07, 6.45) is -0.337. The van der Waals surface area contributed by atoms with Gasteiger partial charge in [-0.3, -0.25) is 4.72 Å². The normalized spacial score (nSPS) is 20.6. The van der Waals surface area contributed by atoms with Gasteiger partial charge < -0.3 is 9.64 Å². The van der Waals surface area contributed by atoms with Crippen molar-refractivity contribution in [3.8, 4) is 5.88 Å². The van der Waals surface area contributed by atoms with E-state index in [1.165, 1.54) is 42.9 Å². The van der Waals surface area contributed by atoms with Crippen LogP contribution in [0.4, 0.5) is 19.0 Å². The second-order valence-corrected chi connectivity index (χ2v) is 11.0. The van der Waals surface area contributed by atoms with Gasteiger partial charge in [0, 0.05) is 18.3 Å². The van der Waals surface area contributed by atoms with Crippen LogP contribution in [0, 0.1) is 0 Å². The van der Waals surface area contributed by atoms with E-state index in [0.29, 0.717) is 24.8 Å². The standard InChI is InChI=1S/C24H25ClF3N5O3S/c1-33(2)18-13-16(15-4-3-5-17(12-15)24(26,27)28)6-7-19(18)36-22-9-8-20(23(25)31-22)37(34,35)32-21-10-11-29-14-30-21/h3-5,8-12,14,16,18-19H,6-7,13H2,1-2H3,(H,29,30,32)/t16-,18-,19-/m0/s1. The number of nitrogens with one attached hydrogen (secondary N) is 1. The summed E-state index contributed by atoms with van der Waals surface area (Å²) in [7, 11) is -0.290. The Morgan fingerprint density at radius 1 is 1.14 bits per heavy atom. The summed E-state index contributed by atoms with van der Waals surface area (Å²) in [5.74, 6) is 0.171. The number of halogens is 4. The Hall–Kier alpha value is -2.96. The molecule has 37 heavy (non-hydrogen) atoms. The van der Waals surface area contributed by atoms with Gasteiger partial charge in [0.15, 0.2) is 5.15 Å². The molecule has 3 aromatic rings. The Morgan fingerprint density at radius 3 is 2.57 bits per heavy atom. The fraction of sp³-hybridized carbons (Fsp3) is 0.375. The summed E-state index contributed by atoms with van der Waals surface area (Å²) in [5, 5.41) is -0.266. The van der Waals surface area contributed by atoms with Gasteiger partial charge in [-0.15, -0.1) is 0 Å². The molecular formula is C24H25ClF3N5O3S. The van der Waals surface area contributed by atoms with Crippen molar-refractivity contribution in [3.05, 3.63) is 71.3 Å². The maximum absolute atomic E-state index is 13.2. The molecule has 0 aliphatic heterocycles. The number of ether oxygens (including phenoxy) is 1. The molecule has 1 aromatic carbocycles. The van der Waals surface area contributed by atoms with E-state index >= 15 is 0 Å². The zero-order valence-corrected chi connectivity index (χ0v) is 21.6. The zero-order valence-electron chi connectivity index (χ0n) is 20.0. The van der Waals surface area contributed by atoms with Crippen LogP contribution >= 0.6 is 11.6 Å². The van der Waals surface area contributed by atoms with E-state index < -0.39 is 21.8 Å². The van der Waals surface area contributed by atoms with Gasteiger partial charge in [0.05, 0.1) is 5.56 Å². The summed E-state index contributed by atoms with van der Waals surface area (Å²) < 4.78 is 73.4. The number of aromatic nitrogens is 3. The van der Waals surface area contributed by atoms with Crippen molar-refractivity contribution in [2.75, 3.05) is 18.8 Å². The number of hydrogen-bond donors (Lipinski definition) is 1. The first-order valence-corrected chi connectivity index (χ1v) is 13.3. The number of sulfonamides is 1. The number of alkyl halides is 3. The van der Waals surface area contributed by atoms with Crippen LogP contribution in [-0.4, -0.2) is 54.5 Å².